The van der Waals surface area contributed by atoms with Crippen LogP contribution in [-0.4, -0.2) is 0 Å². The number of nitriles is 1. The molecule has 0 radical (unpaired) electrons. The SMILES string of the molecule is N#Cc1ccccc1CNc1ccc(Cl)cc1C(F)(F)F. The smallest absolute Gasteiger partial charge is 0.380 e. The lowest BCUT2D eigenvalue weighted by molar-refractivity contribution is -0.136. The van der Waals surface area contributed by atoms with Crippen molar-refractivity contribution in [2.45, 2.75) is 12.7 Å². The Hall–Kier alpha value is -2.19. The van der Waals surface area contributed by atoms with E-state index in [1.165, 1.54) is 12.1 Å². The summed E-state index contributed by atoms with van der Waals surface area (Å²) in [4.78, 5) is 0. The van der Waals surface area contributed by atoms with Crippen molar-refractivity contribution in [3.8, 4) is 6.07 Å². The highest BCUT2D eigenvalue weighted by Crippen LogP contribution is 2.36. The van der Waals surface area contributed by atoms with Gasteiger partial charge in [0.15, 0.2) is 0 Å². The number of hydrogen-bond donors (Lipinski definition) is 1. The van der Waals surface area contributed by atoms with Gasteiger partial charge >= 0.3 is 6.18 Å². The van der Waals surface area contributed by atoms with Crippen molar-refractivity contribution in [3.05, 3.63) is 64.2 Å². The summed E-state index contributed by atoms with van der Waals surface area (Å²) in [6, 6.07) is 12.3. The number of anilines is 1. The first-order chi connectivity index (χ1) is 9.91. The highest BCUT2D eigenvalue weighted by molar-refractivity contribution is 6.30. The number of nitrogens with one attached hydrogen (secondary N) is 1. The van der Waals surface area contributed by atoms with E-state index in [2.05, 4.69) is 5.32 Å². The molecule has 21 heavy (non-hydrogen) atoms. The Morgan fingerprint density at radius 1 is 1.14 bits per heavy atom. The average Bonchev–Trinajstić information content (AvgIpc) is 2.45. The Bertz CT molecular complexity index is 690. The summed E-state index contributed by atoms with van der Waals surface area (Å²) in [5.74, 6) is 0. The van der Waals surface area contributed by atoms with Crippen molar-refractivity contribution >= 4 is 17.3 Å². The fourth-order valence-electron chi connectivity index (χ4n) is 1.88. The molecule has 0 heterocycles. The minimum atomic E-state index is -4.50. The van der Waals surface area contributed by atoms with Crippen molar-refractivity contribution in [3.63, 3.8) is 0 Å². The van der Waals surface area contributed by atoms with E-state index in [-0.39, 0.29) is 17.3 Å². The molecule has 0 saturated heterocycles. The second-order valence-electron chi connectivity index (χ2n) is 4.31. The molecule has 0 bridgehead atoms. The second-order valence-corrected chi connectivity index (χ2v) is 4.75. The minimum Gasteiger partial charge on any atom is -0.380 e. The van der Waals surface area contributed by atoms with Gasteiger partial charge in [-0.05, 0) is 29.8 Å². The molecule has 108 valence electrons. The van der Waals surface area contributed by atoms with Crippen LogP contribution in [0, 0.1) is 11.3 Å². The molecule has 0 amide bonds. The molecule has 2 aromatic carbocycles. The molecule has 0 atom stereocenters. The van der Waals surface area contributed by atoms with Gasteiger partial charge in [-0.25, -0.2) is 0 Å². The molecule has 0 aliphatic rings. The van der Waals surface area contributed by atoms with Crippen molar-refractivity contribution in [2.75, 3.05) is 5.32 Å². The maximum Gasteiger partial charge on any atom is 0.418 e. The highest BCUT2D eigenvalue weighted by Gasteiger charge is 2.33. The Morgan fingerprint density at radius 2 is 1.86 bits per heavy atom. The maximum atomic E-state index is 12.9. The predicted octanol–water partition coefficient (Wildman–Crippen LogP) is 4.84. The van der Waals surface area contributed by atoms with Crippen LogP contribution in [0.25, 0.3) is 0 Å². The third kappa shape index (κ3) is 3.67. The molecule has 2 aromatic rings. The molecule has 2 rings (SSSR count). The minimum absolute atomic E-state index is 0.0188. The van der Waals surface area contributed by atoms with Gasteiger partial charge in [0.05, 0.1) is 17.2 Å². The van der Waals surface area contributed by atoms with Crippen LogP contribution >= 0.6 is 11.6 Å². The fourth-order valence-corrected chi connectivity index (χ4v) is 2.05. The summed E-state index contributed by atoms with van der Waals surface area (Å²) in [6.07, 6.45) is -4.50. The van der Waals surface area contributed by atoms with Crippen LogP contribution in [0.5, 0.6) is 0 Å². The first-order valence-corrected chi connectivity index (χ1v) is 6.38. The van der Waals surface area contributed by atoms with Gasteiger partial charge in [-0.1, -0.05) is 29.8 Å². The number of benzene rings is 2. The van der Waals surface area contributed by atoms with Crippen LogP contribution < -0.4 is 5.32 Å². The molecular weight excluding hydrogens is 301 g/mol. The molecule has 0 aliphatic carbocycles. The van der Waals surface area contributed by atoms with E-state index in [0.29, 0.717) is 11.1 Å². The predicted molar refractivity (Wildman–Crippen MR) is 74.9 cm³/mol. The van der Waals surface area contributed by atoms with Crippen molar-refractivity contribution in [2.24, 2.45) is 0 Å². The quantitative estimate of drug-likeness (QED) is 0.880. The molecular formula is C15H10ClF3N2. The second kappa shape index (κ2) is 6.06. The molecule has 0 fully saturated rings. The van der Waals surface area contributed by atoms with E-state index in [9.17, 15) is 13.2 Å². The van der Waals surface area contributed by atoms with E-state index >= 15 is 0 Å². The molecule has 6 heteroatoms. The fraction of sp³-hybridized carbons (Fsp3) is 0.133. The first-order valence-electron chi connectivity index (χ1n) is 6.00. The average molecular weight is 311 g/mol. The van der Waals surface area contributed by atoms with E-state index in [4.69, 9.17) is 16.9 Å². The summed E-state index contributed by atoms with van der Waals surface area (Å²) in [5.41, 5.74) is 0.152. The molecule has 0 aromatic heterocycles. The highest BCUT2D eigenvalue weighted by atomic mass is 35.5. The van der Waals surface area contributed by atoms with Gasteiger partial charge in [-0.2, -0.15) is 18.4 Å². The largest absolute Gasteiger partial charge is 0.418 e. The number of rotatable bonds is 3. The molecule has 2 nitrogen and oxygen atoms in total. The third-order valence-electron chi connectivity index (χ3n) is 2.89. The Labute approximate surface area is 124 Å². The van der Waals surface area contributed by atoms with Crippen LogP contribution in [0.4, 0.5) is 18.9 Å². The van der Waals surface area contributed by atoms with Crippen molar-refractivity contribution in [1.29, 1.82) is 5.26 Å². The van der Waals surface area contributed by atoms with Crippen LogP contribution in [0.1, 0.15) is 16.7 Å². The monoisotopic (exact) mass is 310 g/mol. The van der Waals surface area contributed by atoms with E-state index in [0.717, 1.165) is 6.07 Å². The molecule has 1 N–H and O–H groups in total. The number of nitrogens with zero attached hydrogens (tertiary/aromatic N) is 1. The van der Waals surface area contributed by atoms with E-state index < -0.39 is 11.7 Å². The molecule has 0 aliphatic heterocycles. The Kier molecular flexibility index (Phi) is 4.39. The lowest BCUT2D eigenvalue weighted by Crippen LogP contribution is -2.11. The summed E-state index contributed by atoms with van der Waals surface area (Å²) in [7, 11) is 0. The van der Waals surface area contributed by atoms with Crippen LogP contribution in [0.15, 0.2) is 42.5 Å². The normalized spacial score (nSPS) is 11.0. The number of halogens is 4. The Balaban J connectivity index is 2.27. The molecule has 0 spiro atoms. The van der Waals surface area contributed by atoms with E-state index in [1.807, 2.05) is 6.07 Å². The third-order valence-corrected chi connectivity index (χ3v) is 3.13. The van der Waals surface area contributed by atoms with Gasteiger partial charge in [0.1, 0.15) is 0 Å². The molecule has 0 unspecified atom stereocenters. The topological polar surface area (TPSA) is 35.8 Å². The van der Waals surface area contributed by atoms with Crippen LogP contribution in [0.3, 0.4) is 0 Å². The van der Waals surface area contributed by atoms with Crippen molar-refractivity contribution < 1.29 is 13.2 Å². The van der Waals surface area contributed by atoms with Gasteiger partial charge in [0.2, 0.25) is 0 Å². The van der Waals surface area contributed by atoms with Gasteiger partial charge in [-0.3, -0.25) is 0 Å². The van der Waals surface area contributed by atoms with Gasteiger partial charge < -0.3 is 5.32 Å². The lowest BCUT2D eigenvalue weighted by Gasteiger charge is -2.15. The summed E-state index contributed by atoms with van der Waals surface area (Å²) in [6.45, 7) is 0.119. The first kappa shape index (κ1) is 15.2. The standard InChI is InChI=1S/C15H10ClF3N2/c16-12-5-6-14(13(7-12)15(17,18)19)21-9-11-4-2-1-3-10(11)8-20/h1-7,21H,9H2. The van der Waals surface area contributed by atoms with Gasteiger partial charge in [0, 0.05) is 17.3 Å². The maximum absolute atomic E-state index is 12.9. The van der Waals surface area contributed by atoms with E-state index in [1.54, 1.807) is 24.3 Å². The zero-order valence-corrected chi connectivity index (χ0v) is 11.5. The molecule has 0 saturated carbocycles. The zero-order valence-electron chi connectivity index (χ0n) is 10.7. The Morgan fingerprint density at radius 3 is 2.52 bits per heavy atom. The van der Waals surface area contributed by atoms with Gasteiger partial charge in [0.25, 0.3) is 0 Å². The van der Waals surface area contributed by atoms with Crippen LogP contribution in [-0.2, 0) is 12.7 Å². The van der Waals surface area contributed by atoms with Crippen LogP contribution in [0.2, 0.25) is 5.02 Å². The van der Waals surface area contributed by atoms with Gasteiger partial charge in [-0.15, -0.1) is 0 Å². The van der Waals surface area contributed by atoms with Crippen molar-refractivity contribution in [1.82, 2.24) is 0 Å². The summed E-state index contributed by atoms with van der Waals surface area (Å²) >= 11 is 5.62. The zero-order chi connectivity index (χ0) is 15.5. The lowest BCUT2D eigenvalue weighted by atomic mass is 10.1. The summed E-state index contributed by atoms with van der Waals surface area (Å²) in [5, 5.41) is 11.7. The number of hydrogen-bond acceptors (Lipinski definition) is 2. The number of alkyl halides is 3. The summed E-state index contributed by atoms with van der Waals surface area (Å²) < 4.78 is 38.8.